The van der Waals surface area contributed by atoms with E-state index in [1.807, 2.05) is 0 Å². The minimum atomic E-state index is -0.614. The van der Waals surface area contributed by atoms with Crippen molar-refractivity contribution in [2.75, 3.05) is 6.54 Å². The first kappa shape index (κ1) is 13.6. The number of benzene rings is 1. The average molecular weight is 288 g/mol. The molecule has 1 fully saturated rings. The highest BCUT2D eigenvalue weighted by molar-refractivity contribution is 7.17. The molecule has 1 aromatic carbocycles. The van der Waals surface area contributed by atoms with Gasteiger partial charge in [0.2, 0.25) is 5.91 Å². The van der Waals surface area contributed by atoms with Crippen molar-refractivity contribution < 1.29 is 4.79 Å². The number of amides is 1. The van der Waals surface area contributed by atoms with Crippen LogP contribution in [0.2, 0.25) is 0 Å². The molecule has 0 radical (unpaired) electrons. The average Bonchev–Trinajstić information content (AvgIpc) is 3.07. The predicted octanol–water partition coefficient (Wildman–Crippen LogP) is 2.83. The summed E-state index contributed by atoms with van der Waals surface area (Å²) in [6.45, 7) is 0.665. The fraction of sp³-hybridized carbons (Fsp3) is 0.438. The van der Waals surface area contributed by atoms with Crippen LogP contribution in [0.1, 0.15) is 31.2 Å². The second-order valence-electron chi connectivity index (χ2n) is 5.63. The van der Waals surface area contributed by atoms with Gasteiger partial charge in [-0.05, 0) is 41.7 Å². The van der Waals surface area contributed by atoms with Gasteiger partial charge in [0.15, 0.2) is 0 Å². The van der Waals surface area contributed by atoms with Crippen molar-refractivity contribution in [3.63, 3.8) is 0 Å². The first-order valence-electron chi connectivity index (χ1n) is 7.21. The molecule has 3 rings (SSSR count). The maximum absolute atomic E-state index is 12.1. The predicted molar refractivity (Wildman–Crippen MR) is 83.9 cm³/mol. The second-order valence-corrected chi connectivity index (χ2v) is 6.54. The van der Waals surface area contributed by atoms with E-state index in [1.165, 1.54) is 15.6 Å². The van der Waals surface area contributed by atoms with Crippen LogP contribution in [0.4, 0.5) is 0 Å². The van der Waals surface area contributed by atoms with Crippen LogP contribution < -0.4 is 11.1 Å². The molecule has 0 atom stereocenters. The lowest BCUT2D eigenvalue weighted by molar-refractivity contribution is -0.126. The summed E-state index contributed by atoms with van der Waals surface area (Å²) in [5.41, 5.74) is 6.84. The fourth-order valence-corrected chi connectivity index (χ4v) is 3.94. The van der Waals surface area contributed by atoms with Crippen LogP contribution in [0.3, 0.4) is 0 Å². The Morgan fingerprint density at radius 1 is 1.30 bits per heavy atom. The molecule has 1 aliphatic rings. The van der Waals surface area contributed by atoms with Crippen molar-refractivity contribution in [3.05, 3.63) is 35.2 Å². The summed E-state index contributed by atoms with van der Waals surface area (Å²) in [5, 5.41) is 6.49. The molecular formula is C16H20N2OS. The molecule has 0 spiro atoms. The summed E-state index contributed by atoms with van der Waals surface area (Å²) >= 11 is 1.76. The minimum Gasteiger partial charge on any atom is -0.354 e. The lowest BCUT2D eigenvalue weighted by Gasteiger charge is -2.22. The van der Waals surface area contributed by atoms with Crippen molar-refractivity contribution in [1.29, 1.82) is 0 Å². The number of hydrogen-bond donors (Lipinski definition) is 2. The highest BCUT2D eigenvalue weighted by Crippen LogP contribution is 2.28. The Labute approximate surface area is 123 Å². The van der Waals surface area contributed by atoms with Crippen LogP contribution in [0.15, 0.2) is 29.6 Å². The van der Waals surface area contributed by atoms with Gasteiger partial charge in [-0.1, -0.05) is 31.0 Å². The number of rotatable bonds is 4. The molecule has 2 aromatic rings. The first-order chi connectivity index (χ1) is 9.69. The third-order valence-corrected chi connectivity index (χ3v) is 5.20. The van der Waals surface area contributed by atoms with Gasteiger partial charge in [0.1, 0.15) is 0 Å². The van der Waals surface area contributed by atoms with E-state index in [1.54, 1.807) is 11.3 Å². The molecule has 3 nitrogen and oxygen atoms in total. The van der Waals surface area contributed by atoms with E-state index in [2.05, 4.69) is 35.0 Å². The van der Waals surface area contributed by atoms with E-state index in [0.29, 0.717) is 6.54 Å². The molecule has 1 amide bonds. The Morgan fingerprint density at radius 2 is 2.05 bits per heavy atom. The number of fused-ring (bicyclic) bond motifs is 1. The third-order valence-electron chi connectivity index (χ3n) is 4.19. The molecule has 1 aromatic heterocycles. The normalized spacial score (nSPS) is 17.4. The molecule has 0 unspecified atom stereocenters. The molecule has 0 aliphatic heterocycles. The van der Waals surface area contributed by atoms with Gasteiger partial charge in [-0.25, -0.2) is 0 Å². The van der Waals surface area contributed by atoms with Crippen molar-refractivity contribution in [2.24, 2.45) is 5.73 Å². The topological polar surface area (TPSA) is 55.1 Å². The number of carbonyl (C=O) groups is 1. The zero-order valence-corrected chi connectivity index (χ0v) is 12.3. The summed E-state index contributed by atoms with van der Waals surface area (Å²) in [6.07, 6.45) is 4.64. The Bertz CT molecular complexity index is 614. The molecule has 0 saturated heterocycles. The van der Waals surface area contributed by atoms with Crippen LogP contribution >= 0.6 is 11.3 Å². The van der Waals surface area contributed by atoms with Crippen molar-refractivity contribution in [1.82, 2.24) is 5.32 Å². The summed E-state index contributed by atoms with van der Waals surface area (Å²) in [5.74, 6) is 0.0227. The third kappa shape index (κ3) is 2.58. The van der Waals surface area contributed by atoms with Crippen molar-refractivity contribution in [2.45, 2.75) is 37.6 Å². The summed E-state index contributed by atoms with van der Waals surface area (Å²) in [6, 6.07) is 8.40. The standard InChI is InChI=1S/C16H20N2OS/c17-16(8-3-4-9-16)15(19)18-10-7-12-11-20-14-6-2-1-5-13(12)14/h1-2,5-6,11H,3-4,7-10,17H2,(H,18,19). The maximum Gasteiger partial charge on any atom is 0.240 e. The SMILES string of the molecule is NC1(C(=O)NCCc2csc3ccccc23)CCCC1. The van der Waals surface area contributed by atoms with Gasteiger partial charge < -0.3 is 11.1 Å². The Morgan fingerprint density at radius 3 is 2.85 bits per heavy atom. The van der Waals surface area contributed by atoms with Gasteiger partial charge in [-0.2, -0.15) is 0 Å². The zero-order valence-electron chi connectivity index (χ0n) is 11.5. The Kier molecular flexibility index (Phi) is 3.76. The summed E-state index contributed by atoms with van der Waals surface area (Å²) < 4.78 is 1.31. The summed E-state index contributed by atoms with van der Waals surface area (Å²) in [7, 11) is 0. The number of hydrogen-bond acceptors (Lipinski definition) is 3. The Hall–Kier alpha value is -1.39. The molecule has 106 valence electrons. The summed E-state index contributed by atoms with van der Waals surface area (Å²) in [4.78, 5) is 12.1. The smallest absolute Gasteiger partial charge is 0.240 e. The van der Waals surface area contributed by atoms with Crippen molar-refractivity contribution >= 4 is 27.3 Å². The fourth-order valence-electron chi connectivity index (χ4n) is 2.95. The molecular weight excluding hydrogens is 268 g/mol. The molecule has 3 N–H and O–H groups in total. The van der Waals surface area contributed by atoms with E-state index < -0.39 is 5.54 Å². The number of thiophene rings is 1. The first-order valence-corrected chi connectivity index (χ1v) is 8.09. The highest BCUT2D eigenvalue weighted by atomic mass is 32.1. The number of nitrogens with one attached hydrogen (secondary N) is 1. The molecule has 20 heavy (non-hydrogen) atoms. The minimum absolute atomic E-state index is 0.0227. The lowest BCUT2D eigenvalue weighted by atomic mass is 9.98. The molecule has 4 heteroatoms. The largest absolute Gasteiger partial charge is 0.354 e. The van der Waals surface area contributed by atoms with Gasteiger partial charge in [0.05, 0.1) is 5.54 Å². The van der Waals surface area contributed by atoms with Gasteiger partial charge in [0, 0.05) is 11.2 Å². The monoisotopic (exact) mass is 288 g/mol. The highest BCUT2D eigenvalue weighted by Gasteiger charge is 2.36. The molecule has 1 heterocycles. The van der Waals surface area contributed by atoms with Crippen LogP contribution in [-0.2, 0) is 11.2 Å². The molecule has 1 aliphatic carbocycles. The van der Waals surface area contributed by atoms with E-state index in [4.69, 9.17) is 5.73 Å². The number of nitrogens with two attached hydrogens (primary N) is 1. The molecule has 1 saturated carbocycles. The van der Waals surface area contributed by atoms with Crippen molar-refractivity contribution in [3.8, 4) is 0 Å². The van der Waals surface area contributed by atoms with Gasteiger partial charge in [-0.3, -0.25) is 4.79 Å². The molecule has 0 bridgehead atoms. The zero-order chi connectivity index (χ0) is 14.0. The van der Waals surface area contributed by atoms with Crippen LogP contribution in [0, 0.1) is 0 Å². The number of carbonyl (C=O) groups excluding carboxylic acids is 1. The van der Waals surface area contributed by atoms with E-state index in [0.717, 1.165) is 32.1 Å². The van der Waals surface area contributed by atoms with Gasteiger partial charge in [0.25, 0.3) is 0 Å². The van der Waals surface area contributed by atoms with Crippen LogP contribution in [0.25, 0.3) is 10.1 Å². The Balaban J connectivity index is 1.59. The maximum atomic E-state index is 12.1. The van der Waals surface area contributed by atoms with E-state index >= 15 is 0 Å². The van der Waals surface area contributed by atoms with E-state index in [-0.39, 0.29) is 5.91 Å². The lowest BCUT2D eigenvalue weighted by Crippen LogP contribution is -2.52. The van der Waals surface area contributed by atoms with E-state index in [9.17, 15) is 4.79 Å². The quantitative estimate of drug-likeness (QED) is 0.909. The van der Waals surface area contributed by atoms with Crippen LogP contribution in [-0.4, -0.2) is 18.0 Å². The van der Waals surface area contributed by atoms with Crippen LogP contribution in [0.5, 0.6) is 0 Å². The van der Waals surface area contributed by atoms with Gasteiger partial charge >= 0.3 is 0 Å². The second kappa shape index (κ2) is 5.54. The van der Waals surface area contributed by atoms with Gasteiger partial charge in [-0.15, -0.1) is 11.3 Å².